The summed E-state index contributed by atoms with van der Waals surface area (Å²) in [6.07, 6.45) is 3.56. The molecule has 0 bridgehead atoms. The topological polar surface area (TPSA) is 138 Å². The van der Waals surface area contributed by atoms with E-state index in [-0.39, 0.29) is 47.2 Å². The third-order valence-corrected chi connectivity index (χ3v) is 8.45. The molecule has 6 rings (SSSR count). The Kier molecular flexibility index (Phi) is 5.83. The number of carboxylic acid groups (broad SMARTS) is 1. The first-order chi connectivity index (χ1) is 19.1. The second-order valence-electron chi connectivity index (χ2n) is 10.5. The largest absolute Gasteiger partial charge is 0.504 e. The molecule has 40 heavy (non-hydrogen) atoms. The first-order valence-electron chi connectivity index (χ1n) is 12.9. The maximum Gasteiger partial charge on any atom is 0.335 e. The molecule has 2 amide bonds. The SMILES string of the molecule is COc1ccc(C2C3=CCC4C(=O)N(c5cccc(C(=O)O)c5)C(=O)C4C3CC3=C2C(=O)C(C)=CC3=O)cc1O. The number of anilines is 1. The zero-order valence-corrected chi connectivity index (χ0v) is 21.7. The van der Waals surface area contributed by atoms with Gasteiger partial charge in [0.15, 0.2) is 23.1 Å². The number of benzene rings is 2. The van der Waals surface area contributed by atoms with Gasteiger partial charge in [0.25, 0.3) is 0 Å². The van der Waals surface area contributed by atoms with Crippen LogP contribution in [-0.4, -0.2) is 46.7 Å². The Bertz CT molecular complexity index is 1640. The molecule has 9 nitrogen and oxygen atoms in total. The lowest BCUT2D eigenvalue weighted by molar-refractivity contribution is -0.123. The lowest BCUT2D eigenvalue weighted by Gasteiger charge is -2.42. The van der Waals surface area contributed by atoms with Crippen molar-refractivity contribution in [2.24, 2.45) is 17.8 Å². The molecule has 2 N–H and O–H groups in total. The van der Waals surface area contributed by atoms with Crippen molar-refractivity contribution in [1.82, 2.24) is 0 Å². The molecule has 2 aromatic rings. The third kappa shape index (κ3) is 3.65. The van der Waals surface area contributed by atoms with Crippen LogP contribution in [0.4, 0.5) is 5.69 Å². The summed E-state index contributed by atoms with van der Waals surface area (Å²) in [5.41, 5.74) is 2.41. The predicted molar refractivity (Wildman–Crippen MR) is 142 cm³/mol. The van der Waals surface area contributed by atoms with Gasteiger partial charge >= 0.3 is 5.97 Å². The van der Waals surface area contributed by atoms with E-state index in [1.54, 1.807) is 19.1 Å². The van der Waals surface area contributed by atoms with Gasteiger partial charge in [-0.25, -0.2) is 4.79 Å². The Labute approximate surface area is 229 Å². The lowest BCUT2D eigenvalue weighted by Crippen LogP contribution is -2.39. The van der Waals surface area contributed by atoms with E-state index in [0.717, 1.165) is 10.5 Å². The van der Waals surface area contributed by atoms with Crippen molar-refractivity contribution in [2.45, 2.75) is 25.7 Å². The Hall–Kier alpha value is -4.79. The fourth-order valence-electron chi connectivity index (χ4n) is 6.66. The number of phenols is 1. The van der Waals surface area contributed by atoms with E-state index >= 15 is 0 Å². The van der Waals surface area contributed by atoms with Crippen LogP contribution in [0, 0.1) is 17.8 Å². The number of amides is 2. The van der Waals surface area contributed by atoms with Crippen LogP contribution in [0.25, 0.3) is 0 Å². The van der Waals surface area contributed by atoms with E-state index in [4.69, 9.17) is 4.74 Å². The van der Waals surface area contributed by atoms with Gasteiger partial charge < -0.3 is 14.9 Å². The van der Waals surface area contributed by atoms with Crippen molar-refractivity contribution >= 4 is 35.0 Å². The molecule has 1 saturated heterocycles. The number of aromatic hydroxyl groups is 1. The van der Waals surface area contributed by atoms with E-state index in [2.05, 4.69) is 0 Å². The standard InChI is InChI=1S/C31H25NO8/c1-14-10-22(33)21-13-20-18(25(27(21)28(14)35)15-6-9-24(40-2)23(34)12-15)7-8-19-26(20)30(37)32(29(19)36)17-5-3-4-16(11-17)31(38)39/h3-7,9-12,19-20,25-26,34H,8,13H2,1-2H3,(H,38,39). The number of aromatic carboxylic acids is 1. The van der Waals surface area contributed by atoms with E-state index in [0.29, 0.717) is 22.3 Å². The highest BCUT2D eigenvalue weighted by molar-refractivity contribution is 6.25. The Morgan fingerprint density at radius 2 is 1.80 bits per heavy atom. The molecule has 1 aliphatic heterocycles. The molecule has 0 spiro atoms. The minimum Gasteiger partial charge on any atom is -0.504 e. The fraction of sp³-hybridized carbons (Fsp3) is 0.258. The van der Waals surface area contributed by atoms with Crippen LogP contribution in [0.1, 0.15) is 41.6 Å². The van der Waals surface area contributed by atoms with Gasteiger partial charge in [-0.15, -0.1) is 0 Å². The third-order valence-electron chi connectivity index (χ3n) is 8.45. The maximum absolute atomic E-state index is 13.9. The summed E-state index contributed by atoms with van der Waals surface area (Å²) >= 11 is 0. The van der Waals surface area contributed by atoms with Gasteiger partial charge in [-0.05, 0) is 67.7 Å². The molecular formula is C31H25NO8. The number of ether oxygens (including phenoxy) is 1. The van der Waals surface area contributed by atoms with Crippen LogP contribution in [0.15, 0.2) is 76.9 Å². The van der Waals surface area contributed by atoms with Crippen LogP contribution < -0.4 is 9.64 Å². The molecule has 2 aromatic carbocycles. The molecule has 4 atom stereocenters. The number of carbonyl (C=O) groups is 5. The summed E-state index contributed by atoms with van der Waals surface area (Å²) in [4.78, 5) is 66.8. The first-order valence-corrected chi connectivity index (χ1v) is 12.9. The number of rotatable bonds is 4. The molecule has 1 fully saturated rings. The number of fused-ring (bicyclic) bond motifs is 3. The number of phenolic OH excluding ortho intramolecular Hbond substituents is 1. The van der Waals surface area contributed by atoms with Crippen LogP contribution >= 0.6 is 0 Å². The summed E-state index contributed by atoms with van der Waals surface area (Å²) in [6, 6.07) is 10.5. The summed E-state index contributed by atoms with van der Waals surface area (Å²) < 4.78 is 5.18. The summed E-state index contributed by atoms with van der Waals surface area (Å²) in [5, 5.41) is 20.0. The quantitative estimate of drug-likeness (QED) is 0.341. The number of hydrogen-bond acceptors (Lipinski definition) is 7. The number of Topliss-reactive ketones (excluding diaryl/α,β-unsaturated/α-hetero) is 1. The molecule has 0 saturated carbocycles. The number of imide groups is 1. The molecule has 0 aromatic heterocycles. The van der Waals surface area contributed by atoms with E-state index in [1.807, 2.05) is 6.08 Å². The normalized spacial score (nSPS) is 25.7. The minimum absolute atomic E-state index is 0.0490. The van der Waals surface area contributed by atoms with Crippen LogP contribution in [0.2, 0.25) is 0 Å². The van der Waals surface area contributed by atoms with Gasteiger partial charge in [0.2, 0.25) is 11.8 Å². The molecule has 0 radical (unpaired) electrons. The van der Waals surface area contributed by atoms with Crippen molar-refractivity contribution in [3.8, 4) is 11.5 Å². The van der Waals surface area contributed by atoms with Crippen molar-refractivity contribution in [2.75, 3.05) is 12.0 Å². The summed E-state index contributed by atoms with van der Waals surface area (Å²) in [6.45, 7) is 1.59. The average Bonchev–Trinajstić information content (AvgIpc) is 3.20. The Morgan fingerprint density at radius 3 is 2.50 bits per heavy atom. The van der Waals surface area contributed by atoms with Crippen molar-refractivity contribution in [1.29, 1.82) is 0 Å². The summed E-state index contributed by atoms with van der Waals surface area (Å²) in [5.74, 6) is -5.23. The minimum atomic E-state index is -1.18. The van der Waals surface area contributed by atoms with Crippen molar-refractivity contribution < 1.29 is 38.9 Å². The van der Waals surface area contributed by atoms with E-state index in [1.165, 1.54) is 43.5 Å². The predicted octanol–water partition coefficient (Wildman–Crippen LogP) is 3.73. The summed E-state index contributed by atoms with van der Waals surface area (Å²) in [7, 11) is 1.42. The van der Waals surface area contributed by atoms with Crippen LogP contribution in [0.5, 0.6) is 11.5 Å². The van der Waals surface area contributed by atoms with Crippen LogP contribution in [0.3, 0.4) is 0 Å². The monoisotopic (exact) mass is 539 g/mol. The molecule has 3 aliphatic carbocycles. The zero-order valence-electron chi connectivity index (χ0n) is 21.7. The van der Waals surface area contributed by atoms with Crippen LogP contribution in [-0.2, 0) is 19.2 Å². The van der Waals surface area contributed by atoms with Gasteiger partial charge in [0.05, 0.1) is 30.2 Å². The van der Waals surface area contributed by atoms with E-state index in [9.17, 15) is 34.2 Å². The van der Waals surface area contributed by atoms with Gasteiger partial charge in [0, 0.05) is 22.6 Å². The zero-order chi connectivity index (χ0) is 28.5. The molecule has 202 valence electrons. The highest BCUT2D eigenvalue weighted by Gasteiger charge is 2.56. The second-order valence-corrected chi connectivity index (χ2v) is 10.5. The highest BCUT2D eigenvalue weighted by atomic mass is 16.5. The highest BCUT2D eigenvalue weighted by Crippen LogP contribution is 2.55. The van der Waals surface area contributed by atoms with Gasteiger partial charge in [-0.1, -0.05) is 23.8 Å². The maximum atomic E-state index is 13.9. The van der Waals surface area contributed by atoms with Gasteiger partial charge in [-0.2, -0.15) is 0 Å². The fourth-order valence-corrected chi connectivity index (χ4v) is 6.66. The number of allylic oxidation sites excluding steroid dienone is 6. The lowest BCUT2D eigenvalue weighted by atomic mass is 9.59. The number of carboxylic acids is 1. The number of ketones is 2. The average molecular weight is 540 g/mol. The van der Waals surface area contributed by atoms with Gasteiger partial charge in [0.1, 0.15) is 0 Å². The first kappa shape index (κ1) is 25.5. The number of methoxy groups -OCH3 is 1. The second kappa shape index (κ2) is 9.15. The molecule has 4 unspecified atom stereocenters. The molecule has 4 aliphatic rings. The van der Waals surface area contributed by atoms with Crippen molar-refractivity contribution in [3.63, 3.8) is 0 Å². The Balaban J connectivity index is 1.47. The molecule has 1 heterocycles. The Morgan fingerprint density at radius 1 is 1.02 bits per heavy atom. The number of nitrogens with zero attached hydrogens (tertiary/aromatic N) is 1. The number of hydrogen-bond donors (Lipinski definition) is 2. The molecule has 9 heteroatoms. The van der Waals surface area contributed by atoms with E-state index < -0.39 is 41.5 Å². The smallest absolute Gasteiger partial charge is 0.335 e. The molecular weight excluding hydrogens is 514 g/mol. The van der Waals surface area contributed by atoms with Crippen molar-refractivity contribution in [3.05, 3.63) is 88.0 Å². The number of carbonyl (C=O) groups excluding carboxylic acids is 4. The van der Waals surface area contributed by atoms with Gasteiger partial charge in [-0.3, -0.25) is 24.1 Å².